The molecule has 15 rings (SSSR count). The summed E-state index contributed by atoms with van der Waals surface area (Å²) in [6.07, 6.45) is 19.0. The fourth-order valence-electron chi connectivity index (χ4n) is 14.7. The lowest BCUT2D eigenvalue weighted by molar-refractivity contribution is -0.118. The number of methoxy groups -OCH3 is 1. The van der Waals surface area contributed by atoms with Gasteiger partial charge in [0, 0.05) is 103 Å². The van der Waals surface area contributed by atoms with Crippen molar-refractivity contribution in [2.24, 2.45) is 0 Å². The van der Waals surface area contributed by atoms with Crippen molar-refractivity contribution >= 4 is 225 Å². The highest BCUT2D eigenvalue weighted by Crippen LogP contribution is 2.34. The van der Waals surface area contributed by atoms with E-state index < -0.39 is 16.1 Å². The molecule has 4 aliphatic heterocycles. The first-order valence-corrected chi connectivity index (χ1v) is 54.1. The van der Waals surface area contributed by atoms with E-state index in [-0.39, 0.29) is 48.5 Å². The number of halogens is 12. The Hall–Kier alpha value is -9.27. The molecular weight excluding hydrogens is 2150 g/mol. The van der Waals surface area contributed by atoms with Crippen molar-refractivity contribution in [1.29, 1.82) is 0 Å². The monoisotopic (exact) mass is 2280 g/mol. The lowest BCUT2D eigenvalue weighted by Crippen LogP contribution is -2.36. The van der Waals surface area contributed by atoms with Crippen LogP contribution in [-0.4, -0.2) is 185 Å². The largest absolute Gasteiger partial charge is 0.496 e. The molecule has 37 heteroatoms. The van der Waals surface area contributed by atoms with E-state index in [0.29, 0.717) is 111 Å². The Labute approximate surface area is 934 Å². The van der Waals surface area contributed by atoms with Crippen LogP contribution in [0.15, 0.2) is 193 Å². The number of likely N-dealkylation sites (tertiary alicyclic amines) is 4. The van der Waals surface area contributed by atoms with Gasteiger partial charge in [-0.25, -0.2) is 13.2 Å². The molecule has 7 N–H and O–H groups in total. The Morgan fingerprint density at radius 2 is 0.655 bits per heavy atom. The van der Waals surface area contributed by atoms with Crippen LogP contribution in [0.3, 0.4) is 0 Å². The normalized spacial score (nSPS) is 13.3. The number of nitrogens with one attached hydrogen (secondary N) is 7. The summed E-state index contributed by atoms with van der Waals surface area (Å²) in [5.74, 6) is 0.852. The Morgan fingerprint density at radius 3 is 0.986 bits per heavy atom. The van der Waals surface area contributed by atoms with Gasteiger partial charge >= 0.3 is 6.09 Å². The van der Waals surface area contributed by atoms with Crippen molar-refractivity contribution in [2.45, 2.75) is 172 Å². The third kappa shape index (κ3) is 47.3. The van der Waals surface area contributed by atoms with Gasteiger partial charge in [-0.2, -0.15) is 0 Å². The Balaban J connectivity index is 0.000000256. The molecule has 0 spiro atoms. The molecule has 148 heavy (non-hydrogen) atoms. The number of aryl methyl sites for hydroxylation is 8. The minimum atomic E-state index is -3.55. The molecule has 11 aromatic rings. The third-order valence-electron chi connectivity index (χ3n) is 23.3. The first-order chi connectivity index (χ1) is 69.8. The fourth-order valence-corrected chi connectivity index (χ4v) is 18.1. The second-order valence-electron chi connectivity index (χ2n) is 36.0. The maximum Gasteiger partial charge on any atom is 0.411 e. The molecule has 0 saturated carbocycles. The molecule has 0 atom stereocenters. The number of carbonyl (C=O) groups excluding carboxylic acids is 6. The summed E-state index contributed by atoms with van der Waals surface area (Å²) in [5, 5.41) is 24.4. The van der Waals surface area contributed by atoms with E-state index in [1.807, 2.05) is 150 Å². The van der Waals surface area contributed by atoms with Gasteiger partial charge in [-0.15, -0.1) is 0 Å². The van der Waals surface area contributed by atoms with E-state index in [1.165, 1.54) is 89.2 Å². The van der Waals surface area contributed by atoms with Gasteiger partial charge in [-0.1, -0.05) is 227 Å². The maximum atomic E-state index is 12.0. The zero-order valence-electron chi connectivity index (χ0n) is 85.4. The number of hydrogen-bond donors (Lipinski definition) is 7. The number of sulfonamides is 1. The van der Waals surface area contributed by atoms with E-state index in [2.05, 4.69) is 66.2 Å². The predicted molar refractivity (Wildman–Crippen MR) is 619 cm³/mol. The zero-order valence-corrected chi connectivity index (χ0v) is 95.3. The fraction of sp³-hybridized carbons (Fsp3) is 0.369. The molecule has 0 aliphatic carbocycles. The number of amides is 6. The van der Waals surface area contributed by atoms with Gasteiger partial charge < -0.3 is 41.0 Å². The maximum absolute atomic E-state index is 12.0. The van der Waals surface area contributed by atoms with Crippen LogP contribution >= 0.6 is 139 Å². The van der Waals surface area contributed by atoms with Crippen LogP contribution in [0.2, 0.25) is 60.3 Å². The Morgan fingerprint density at radius 1 is 0.345 bits per heavy atom. The standard InChI is InChI=1S/2C14H18Cl2N2O.C14H13ClN2O2.2C14H19ClN2O.C13H12ClNO2S.C11H15ClN2O.C9H11ClO.C7H7Cl2N.CH4/c2*1-10-12(15)7-11(8-13(10)16)17-14(19)9-18-5-3-2-4-6-18;1-10-2-3-12(8-13(10)15)17-14(18)19-9-11-4-6-16-7-5-11;2*1-11-5-6-12(9-13(11)15)16-14(18)10-17-7-3-2-4-8-17;1-10-7-8-11(9-13(10)14)15-18(16,17)12-5-3-2-4-6-12;1-8-4-5-9(6-10(8)12)13-11(15)7-14(2)3;1-6-4-7(2)9(11-3)5-8(6)10;1-4-6(8)3-10-5(2)7(4)9;/h2*7-8H,2-6,9H2,1H3,(H,17,19);2-8H,9H2,1H3,(H,17,18);2*5-6,9H,2-4,7-8,10H2,1H3,(H,16,18);2-9,15H,1H3;4-6H,7H2,1-3H3,(H,13,15);4-5H,1-3H3;3H,1-2H3;1H4. The number of anilines is 7. The zero-order chi connectivity index (χ0) is 108. The number of likely N-dealkylation sites (N-methyl/N-ethyl adjacent to an activating group) is 1. The summed E-state index contributed by atoms with van der Waals surface area (Å²) in [5.41, 5.74) is 16.0. The van der Waals surface area contributed by atoms with Crippen molar-refractivity contribution in [2.75, 3.05) is 143 Å². The average molecular weight is 2280 g/mol. The first-order valence-electron chi connectivity index (χ1n) is 48.1. The van der Waals surface area contributed by atoms with Crippen molar-refractivity contribution in [3.8, 4) is 5.75 Å². The number of nitrogens with zero attached hydrogens (tertiary/aromatic N) is 7. The summed E-state index contributed by atoms with van der Waals surface area (Å²) in [6.45, 7) is 31.5. The highest BCUT2D eigenvalue weighted by molar-refractivity contribution is 7.92. The minimum Gasteiger partial charge on any atom is -0.496 e. The first kappa shape index (κ1) is 127. The minimum absolute atomic E-state index is 0. The highest BCUT2D eigenvalue weighted by Gasteiger charge is 2.22. The lowest BCUT2D eigenvalue weighted by atomic mass is 10.1. The number of benzene rings is 9. The smallest absolute Gasteiger partial charge is 0.411 e. The number of hydrogen-bond acceptors (Lipinski definition) is 17. The molecule has 24 nitrogen and oxygen atoms in total. The number of aromatic nitrogens is 2. The Bertz CT molecular complexity index is 6020. The lowest BCUT2D eigenvalue weighted by Gasteiger charge is -2.25. The average Bonchev–Trinajstić information content (AvgIpc) is 0.811. The predicted octanol–water partition coefficient (Wildman–Crippen LogP) is 29.6. The van der Waals surface area contributed by atoms with Crippen LogP contribution in [0.4, 0.5) is 44.6 Å². The van der Waals surface area contributed by atoms with Gasteiger partial charge in [0.05, 0.1) is 66.2 Å². The quantitative estimate of drug-likeness (QED) is 0.0332. The SMILES string of the molecule is C.COc1cc(Cl)c(C)cc1C.Cc1c(Cl)cc(NC(=O)CN2CCCCC2)cc1Cl.Cc1c(Cl)cc(NC(=O)CN2CCCCC2)cc1Cl.Cc1ccc(NC(=O)CN(C)C)cc1Cl.Cc1ccc(NC(=O)CN2CCCCC2)cc1Cl.Cc1ccc(NC(=O)CN2CCCCC2)cc1Cl.Cc1ccc(NC(=O)OCc2ccncc2)cc1Cl.Cc1ccc(NS(=O)(=O)c2ccccc2)cc1Cl.Cc1ncc(Cl)c(C)c1Cl. The van der Waals surface area contributed by atoms with Gasteiger partial charge in [0.15, 0.2) is 0 Å². The molecule has 800 valence electrons. The van der Waals surface area contributed by atoms with E-state index in [9.17, 15) is 37.2 Å². The molecular formula is C111H136Cl12N14O10S. The van der Waals surface area contributed by atoms with E-state index in [4.69, 9.17) is 149 Å². The number of rotatable bonds is 22. The molecule has 9 aromatic carbocycles. The molecule has 4 fully saturated rings. The van der Waals surface area contributed by atoms with Crippen LogP contribution < -0.4 is 41.4 Å². The van der Waals surface area contributed by atoms with Crippen LogP contribution in [0, 0.1) is 76.2 Å². The molecule has 2 aromatic heterocycles. The second-order valence-corrected chi connectivity index (χ2v) is 42.5. The van der Waals surface area contributed by atoms with Crippen molar-refractivity contribution in [3.05, 3.63) is 316 Å². The van der Waals surface area contributed by atoms with Gasteiger partial charge in [0.1, 0.15) is 12.4 Å². The molecule has 0 unspecified atom stereocenters. The number of pyridine rings is 2. The van der Waals surface area contributed by atoms with Crippen molar-refractivity contribution < 1.29 is 46.7 Å². The molecule has 6 amide bonds. The third-order valence-corrected chi connectivity index (χ3v) is 29.6. The number of piperidine rings is 4. The van der Waals surface area contributed by atoms with Gasteiger partial charge in [-0.05, 0) is 370 Å². The molecule has 6 heterocycles. The molecule has 0 bridgehead atoms. The number of ether oxygens (including phenoxy) is 2. The van der Waals surface area contributed by atoms with Crippen LogP contribution in [-0.2, 0) is 45.3 Å². The molecule has 0 radical (unpaired) electrons. The summed E-state index contributed by atoms with van der Waals surface area (Å²) in [4.78, 5) is 89.3. The van der Waals surface area contributed by atoms with E-state index in [0.717, 1.165) is 147 Å². The number of carbonyl (C=O) groups is 6. The highest BCUT2D eigenvalue weighted by atomic mass is 35.5. The van der Waals surface area contributed by atoms with Gasteiger partial charge in [0.2, 0.25) is 29.5 Å². The molecule has 4 saturated heterocycles. The van der Waals surface area contributed by atoms with Crippen LogP contribution in [0.5, 0.6) is 5.75 Å². The molecule has 4 aliphatic rings. The van der Waals surface area contributed by atoms with Crippen LogP contribution in [0.1, 0.15) is 151 Å². The van der Waals surface area contributed by atoms with Crippen molar-refractivity contribution in [1.82, 2.24) is 34.5 Å². The topological polar surface area (TPSA) is 281 Å². The van der Waals surface area contributed by atoms with Gasteiger partial charge in [-0.3, -0.25) is 63.6 Å². The van der Waals surface area contributed by atoms with Crippen molar-refractivity contribution in [3.63, 3.8) is 0 Å². The Kier molecular flexibility index (Phi) is 57.3. The summed E-state index contributed by atoms with van der Waals surface area (Å²) in [7, 11) is 1.79. The van der Waals surface area contributed by atoms with E-state index >= 15 is 0 Å². The second kappa shape index (κ2) is 66.5. The summed E-state index contributed by atoms with van der Waals surface area (Å²) >= 11 is 71.6. The van der Waals surface area contributed by atoms with E-state index in [1.54, 1.807) is 129 Å². The van der Waals surface area contributed by atoms with Gasteiger partial charge in [0.25, 0.3) is 10.0 Å². The summed E-state index contributed by atoms with van der Waals surface area (Å²) in [6, 6.07) is 49.6. The van der Waals surface area contributed by atoms with Crippen LogP contribution in [0.25, 0.3) is 0 Å². The summed E-state index contributed by atoms with van der Waals surface area (Å²) < 4.78 is 36.8.